The maximum atomic E-state index is 10.6. The number of ether oxygens (including phenoxy) is 1. The largest absolute Gasteiger partial charge is 0.465 e. The predicted octanol–water partition coefficient (Wildman–Crippen LogP) is 2.34. The van der Waals surface area contributed by atoms with E-state index in [1.807, 2.05) is 19.9 Å². The Morgan fingerprint density at radius 2 is 2.23 bits per heavy atom. The zero-order valence-electron chi connectivity index (χ0n) is 12.8. The quantitative estimate of drug-likeness (QED) is 0.872. The summed E-state index contributed by atoms with van der Waals surface area (Å²) >= 11 is 0. The van der Waals surface area contributed by atoms with Crippen molar-refractivity contribution in [3.8, 4) is 11.4 Å². The molecule has 2 N–H and O–H groups in total. The van der Waals surface area contributed by atoms with Gasteiger partial charge in [-0.25, -0.2) is 4.79 Å². The van der Waals surface area contributed by atoms with Crippen LogP contribution in [0.5, 0.6) is 0 Å². The topological polar surface area (TPSA) is 110 Å². The average molecular weight is 306 g/mol. The summed E-state index contributed by atoms with van der Waals surface area (Å²) in [4.78, 5) is 19.1. The molecule has 0 saturated carbocycles. The summed E-state index contributed by atoms with van der Waals surface area (Å²) in [5.41, 5.74) is 0.906. The van der Waals surface area contributed by atoms with E-state index in [4.69, 9.17) is 14.4 Å². The molecule has 0 unspecified atom stereocenters. The van der Waals surface area contributed by atoms with Crippen molar-refractivity contribution in [2.24, 2.45) is 0 Å². The van der Waals surface area contributed by atoms with Crippen LogP contribution in [0, 0.1) is 0 Å². The van der Waals surface area contributed by atoms with Crippen LogP contribution in [0.3, 0.4) is 0 Å². The van der Waals surface area contributed by atoms with E-state index in [1.54, 1.807) is 26.3 Å². The molecule has 1 amide bonds. The second-order valence-corrected chi connectivity index (χ2v) is 5.27. The molecule has 2 rings (SSSR count). The van der Waals surface area contributed by atoms with Gasteiger partial charge in [0, 0.05) is 18.9 Å². The molecule has 0 aliphatic carbocycles. The van der Waals surface area contributed by atoms with Crippen LogP contribution in [0.25, 0.3) is 11.4 Å². The number of pyridine rings is 1. The fourth-order valence-corrected chi connectivity index (χ4v) is 1.78. The van der Waals surface area contributed by atoms with Crippen LogP contribution >= 0.6 is 0 Å². The minimum Gasteiger partial charge on any atom is -0.465 e. The second kappa shape index (κ2) is 6.10. The number of hydrogen-bond acceptors (Lipinski definition) is 6. The van der Waals surface area contributed by atoms with Gasteiger partial charge in [0.1, 0.15) is 11.6 Å². The van der Waals surface area contributed by atoms with E-state index < -0.39 is 17.7 Å². The fourth-order valence-electron chi connectivity index (χ4n) is 1.78. The molecule has 0 saturated heterocycles. The molecule has 0 aliphatic heterocycles. The Morgan fingerprint density at radius 1 is 1.50 bits per heavy atom. The normalized spacial score (nSPS) is 12.9. The van der Waals surface area contributed by atoms with Crippen molar-refractivity contribution >= 4 is 6.09 Å². The standard InChI is InChI=1S/C14H18N4O4/c1-8(16-13(19)20)12-17-11(18-22-12)9-5-6-15-10(7-9)14(2,3)21-4/h5-8,16H,1-4H3,(H,19,20)/t8-/m0/s1. The number of amides is 1. The first-order valence-electron chi connectivity index (χ1n) is 6.68. The summed E-state index contributed by atoms with van der Waals surface area (Å²) in [5, 5.41) is 14.8. The number of rotatable bonds is 5. The van der Waals surface area contributed by atoms with E-state index in [2.05, 4.69) is 20.4 Å². The Kier molecular flexibility index (Phi) is 4.41. The first-order valence-corrected chi connectivity index (χ1v) is 6.68. The summed E-state index contributed by atoms with van der Waals surface area (Å²) < 4.78 is 10.5. The minimum absolute atomic E-state index is 0.196. The van der Waals surface area contributed by atoms with Crippen LogP contribution in [0.2, 0.25) is 0 Å². The highest BCUT2D eigenvalue weighted by Crippen LogP contribution is 2.26. The van der Waals surface area contributed by atoms with Crippen LogP contribution in [0.15, 0.2) is 22.9 Å². The lowest BCUT2D eigenvalue weighted by Gasteiger charge is -2.22. The summed E-state index contributed by atoms with van der Waals surface area (Å²) in [6, 6.07) is 2.97. The monoisotopic (exact) mass is 306 g/mol. The van der Waals surface area contributed by atoms with Gasteiger partial charge in [-0.15, -0.1) is 0 Å². The third kappa shape index (κ3) is 3.40. The highest BCUT2D eigenvalue weighted by atomic mass is 16.5. The van der Waals surface area contributed by atoms with Crippen LogP contribution in [0.1, 0.15) is 38.4 Å². The first-order chi connectivity index (χ1) is 10.3. The van der Waals surface area contributed by atoms with Crippen molar-refractivity contribution in [2.45, 2.75) is 32.4 Å². The van der Waals surface area contributed by atoms with Gasteiger partial charge in [-0.1, -0.05) is 5.16 Å². The van der Waals surface area contributed by atoms with Gasteiger partial charge in [0.15, 0.2) is 0 Å². The lowest BCUT2D eigenvalue weighted by Crippen LogP contribution is -2.24. The number of nitrogens with zero attached hydrogens (tertiary/aromatic N) is 3. The molecule has 0 aromatic carbocycles. The number of methoxy groups -OCH3 is 1. The number of carboxylic acid groups (broad SMARTS) is 1. The van der Waals surface area contributed by atoms with E-state index >= 15 is 0 Å². The molecule has 118 valence electrons. The zero-order chi connectivity index (χ0) is 16.3. The van der Waals surface area contributed by atoms with Gasteiger partial charge in [0.2, 0.25) is 11.7 Å². The first kappa shape index (κ1) is 15.9. The highest BCUT2D eigenvalue weighted by Gasteiger charge is 2.23. The van der Waals surface area contributed by atoms with Gasteiger partial charge in [-0.3, -0.25) is 4.98 Å². The van der Waals surface area contributed by atoms with Crippen molar-refractivity contribution in [2.75, 3.05) is 7.11 Å². The maximum Gasteiger partial charge on any atom is 0.405 e. The lowest BCUT2D eigenvalue weighted by atomic mass is 10.0. The summed E-state index contributed by atoms with van der Waals surface area (Å²) in [6.45, 7) is 5.43. The van der Waals surface area contributed by atoms with Crippen LogP contribution in [0.4, 0.5) is 4.79 Å². The molecule has 2 heterocycles. The van der Waals surface area contributed by atoms with Crippen molar-refractivity contribution in [1.29, 1.82) is 0 Å². The molecular formula is C14H18N4O4. The zero-order valence-corrected chi connectivity index (χ0v) is 12.8. The van der Waals surface area contributed by atoms with Crippen LogP contribution in [-0.2, 0) is 10.3 Å². The molecule has 22 heavy (non-hydrogen) atoms. The van der Waals surface area contributed by atoms with Gasteiger partial charge in [-0.2, -0.15) is 4.98 Å². The lowest BCUT2D eigenvalue weighted by molar-refractivity contribution is 0.0155. The molecule has 0 fully saturated rings. The Hall–Kier alpha value is -2.48. The third-order valence-corrected chi connectivity index (χ3v) is 3.30. The molecule has 0 spiro atoms. The van der Waals surface area contributed by atoms with Crippen LogP contribution in [-0.4, -0.2) is 33.4 Å². The van der Waals surface area contributed by atoms with E-state index in [-0.39, 0.29) is 5.89 Å². The molecule has 2 aromatic rings. The Morgan fingerprint density at radius 3 is 2.86 bits per heavy atom. The van der Waals surface area contributed by atoms with Crippen LogP contribution < -0.4 is 5.32 Å². The number of nitrogens with one attached hydrogen (secondary N) is 1. The molecule has 2 aromatic heterocycles. The summed E-state index contributed by atoms with van der Waals surface area (Å²) in [5.74, 6) is 0.561. The van der Waals surface area contributed by atoms with E-state index in [9.17, 15) is 4.79 Å². The maximum absolute atomic E-state index is 10.6. The molecular weight excluding hydrogens is 288 g/mol. The number of aromatic nitrogens is 3. The van der Waals surface area contributed by atoms with Gasteiger partial charge in [-0.05, 0) is 32.9 Å². The average Bonchev–Trinajstić information content (AvgIpc) is 2.96. The van der Waals surface area contributed by atoms with Crippen molar-refractivity contribution in [3.05, 3.63) is 29.9 Å². The number of carbonyl (C=O) groups is 1. The van der Waals surface area contributed by atoms with E-state index in [0.717, 1.165) is 5.69 Å². The summed E-state index contributed by atoms with van der Waals surface area (Å²) in [6.07, 6.45) is 0.487. The minimum atomic E-state index is -1.15. The molecule has 8 heteroatoms. The smallest absolute Gasteiger partial charge is 0.405 e. The fraction of sp³-hybridized carbons (Fsp3) is 0.429. The van der Waals surface area contributed by atoms with Gasteiger partial charge in [0.25, 0.3) is 0 Å². The molecule has 0 radical (unpaired) electrons. The Labute approximate surface area is 127 Å². The Bertz CT molecular complexity index is 668. The molecule has 1 atom stereocenters. The molecule has 8 nitrogen and oxygen atoms in total. The Balaban J connectivity index is 2.28. The second-order valence-electron chi connectivity index (χ2n) is 5.27. The van der Waals surface area contributed by atoms with Gasteiger partial charge < -0.3 is 19.7 Å². The van der Waals surface area contributed by atoms with E-state index in [1.165, 1.54) is 0 Å². The van der Waals surface area contributed by atoms with Crippen molar-refractivity contribution in [3.63, 3.8) is 0 Å². The SMILES string of the molecule is COC(C)(C)c1cc(-c2noc([C@H](C)NC(=O)O)n2)ccn1. The van der Waals surface area contributed by atoms with Gasteiger partial charge in [0.05, 0.1) is 5.69 Å². The highest BCUT2D eigenvalue weighted by molar-refractivity contribution is 5.65. The third-order valence-electron chi connectivity index (χ3n) is 3.30. The molecule has 0 aliphatic rings. The predicted molar refractivity (Wildman–Crippen MR) is 77.1 cm³/mol. The summed E-state index contributed by atoms with van der Waals surface area (Å²) in [7, 11) is 1.61. The van der Waals surface area contributed by atoms with Crippen molar-refractivity contribution in [1.82, 2.24) is 20.4 Å². The van der Waals surface area contributed by atoms with E-state index in [0.29, 0.717) is 11.4 Å². The number of hydrogen-bond donors (Lipinski definition) is 2. The molecule has 0 bridgehead atoms. The van der Waals surface area contributed by atoms with Gasteiger partial charge >= 0.3 is 6.09 Å². The van der Waals surface area contributed by atoms with Crippen molar-refractivity contribution < 1.29 is 19.2 Å².